The minimum atomic E-state index is -0.187. The van der Waals surface area contributed by atoms with Crippen molar-refractivity contribution in [3.63, 3.8) is 0 Å². The number of nitrogens with zero attached hydrogens (tertiary/aromatic N) is 1. The lowest BCUT2D eigenvalue weighted by Crippen LogP contribution is -2.24. The molecule has 0 unspecified atom stereocenters. The van der Waals surface area contributed by atoms with Gasteiger partial charge in [0.05, 0.1) is 19.8 Å². The lowest BCUT2D eigenvalue weighted by molar-refractivity contribution is 0.0947. The first kappa shape index (κ1) is 19.8. The van der Waals surface area contributed by atoms with E-state index < -0.39 is 0 Å². The Balaban J connectivity index is 1.99. The fraction of sp³-hybridized carbons (Fsp3) is 0.381. The monoisotopic (exact) mass is 356 g/mol. The van der Waals surface area contributed by atoms with E-state index in [0.29, 0.717) is 23.6 Å². The Bertz CT molecular complexity index is 710. The summed E-state index contributed by atoms with van der Waals surface area (Å²) in [6.45, 7) is 7.82. The summed E-state index contributed by atoms with van der Waals surface area (Å²) < 4.78 is 10.6. The molecule has 0 radical (unpaired) electrons. The van der Waals surface area contributed by atoms with Crippen LogP contribution in [0.1, 0.15) is 35.3 Å². The van der Waals surface area contributed by atoms with Gasteiger partial charge in [0.15, 0.2) is 11.5 Å². The Morgan fingerprint density at radius 2 is 1.62 bits per heavy atom. The average Bonchev–Trinajstić information content (AvgIpc) is 2.70. The first-order chi connectivity index (χ1) is 12.6. The van der Waals surface area contributed by atoms with Gasteiger partial charge in [-0.05, 0) is 36.3 Å². The van der Waals surface area contributed by atoms with Crippen LogP contribution in [0.3, 0.4) is 0 Å². The molecule has 5 heteroatoms. The van der Waals surface area contributed by atoms with Gasteiger partial charge in [-0.3, -0.25) is 9.69 Å². The van der Waals surface area contributed by atoms with Crippen LogP contribution in [0.15, 0.2) is 42.5 Å². The van der Waals surface area contributed by atoms with Crippen molar-refractivity contribution in [1.82, 2.24) is 10.2 Å². The maximum Gasteiger partial charge on any atom is 0.255 e. The number of hydrogen-bond acceptors (Lipinski definition) is 4. The molecule has 0 saturated heterocycles. The number of rotatable bonds is 9. The fourth-order valence-electron chi connectivity index (χ4n) is 2.81. The Labute approximate surface area is 155 Å². The first-order valence-electron chi connectivity index (χ1n) is 8.92. The molecule has 0 aliphatic carbocycles. The molecule has 26 heavy (non-hydrogen) atoms. The van der Waals surface area contributed by atoms with E-state index >= 15 is 0 Å². The smallest absolute Gasteiger partial charge is 0.255 e. The van der Waals surface area contributed by atoms with Crippen LogP contribution in [0, 0.1) is 0 Å². The normalized spacial score (nSPS) is 10.7. The van der Waals surface area contributed by atoms with Crippen molar-refractivity contribution in [2.45, 2.75) is 26.9 Å². The molecule has 1 amide bonds. The van der Waals surface area contributed by atoms with Crippen LogP contribution in [-0.4, -0.2) is 38.1 Å². The second kappa shape index (κ2) is 9.82. The van der Waals surface area contributed by atoms with Crippen LogP contribution < -0.4 is 14.8 Å². The predicted octanol–water partition coefficient (Wildman–Crippen LogP) is 3.48. The van der Waals surface area contributed by atoms with E-state index in [2.05, 4.69) is 48.3 Å². The summed E-state index contributed by atoms with van der Waals surface area (Å²) in [6.07, 6.45) is 0. The summed E-state index contributed by atoms with van der Waals surface area (Å²) in [4.78, 5) is 14.9. The molecule has 2 aromatic carbocycles. The molecule has 0 fully saturated rings. The summed E-state index contributed by atoms with van der Waals surface area (Å²) >= 11 is 0. The molecule has 2 aromatic rings. The van der Waals surface area contributed by atoms with Gasteiger partial charge in [-0.15, -0.1) is 0 Å². The van der Waals surface area contributed by atoms with Crippen molar-refractivity contribution in [2.75, 3.05) is 27.3 Å². The number of amides is 1. The maximum absolute atomic E-state index is 12.5. The van der Waals surface area contributed by atoms with Crippen molar-refractivity contribution in [1.29, 1.82) is 0 Å². The highest BCUT2D eigenvalue weighted by atomic mass is 16.5. The molecule has 0 atom stereocenters. The molecular formula is C21H28N2O3. The lowest BCUT2D eigenvalue weighted by atomic mass is 10.1. The highest BCUT2D eigenvalue weighted by Crippen LogP contribution is 2.30. The summed E-state index contributed by atoms with van der Waals surface area (Å²) in [5.41, 5.74) is 2.80. The zero-order valence-corrected chi connectivity index (χ0v) is 16.0. The molecule has 2 rings (SSSR count). The van der Waals surface area contributed by atoms with Crippen LogP contribution in [0.25, 0.3) is 0 Å². The Morgan fingerprint density at radius 1 is 0.962 bits per heavy atom. The minimum absolute atomic E-state index is 0.187. The van der Waals surface area contributed by atoms with Crippen molar-refractivity contribution in [2.24, 2.45) is 0 Å². The standard InChI is InChI=1S/C21H28N2O3/c1-5-23(6-2)15-17-12-10-16(11-13-17)14-22-21(24)18-8-7-9-19(25-3)20(18)26-4/h7-13H,5-6,14-15H2,1-4H3,(H,22,24). The van der Waals surface area contributed by atoms with Gasteiger partial charge in [-0.25, -0.2) is 0 Å². The molecule has 0 heterocycles. The molecule has 0 aliphatic heterocycles. The number of para-hydroxylation sites is 1. The second-order valence-corrected chi connectivity index (χ2v) is 6.00. The number of ether oxygens (including phenoxy) is 2. The summed E-state index contributed by atoms with van der Waals surface area (Å²) in [5.74, 6) is 0.802. The molecule has 0 saturated carbocycles. The van der Waals surface area contributed by atoms with Gasteiger partial charge < -0.3 is 14.8 Å². The van der Waals surface area contributed by atoms with Crippen molar-refractivity contribution < 1.29 is 14.3 Å². The van der Waals surface area contributed by atoms with Gasteiger partial charge >= 0.3 is 0 Å². The summed E-state index contributed by atoms with van der Waals surface area (Å²) in [6, 6.07) is 13.6. The van der Waals surface area contributed by atoms with Crippen LogP contribution in [0.2, 0.25) is 0 Å². The van der Waals surface area contributed by atoms with Gasteiger partial charge in [0.1, 0.15) is 0 Å². The van der Waals surface area contributed by atoms with E-state index in [1.807, 2.05) is 0 Å². The van der Waals surface area contributed by atoms with Crippen molar-refractivity contribution in [3.8, 4) is 11.5 Å². The summed E-state index contributed by atoms with van der Waals surface area (Å²) in [5, 5.41) is 2.94. The van der Waals surface area contributed by atoms with E-state index in [-0.39, 0.29) is 5.91 Å². The number of benzene rings is 2. The molecule has 0 aliphatic rings. The zero-order chi connectivity index (χ0) is 18.9. The lowest BCUT2D eigenvalue weighted by Gasteiger charge is -2.18. The van der Waals surface area contributed by atoms with Crippen LogP contribution in [0.5, 0.6) is 11.5 Å². The Kier molecular flexibility index (Phi) is 7.48. The highest BCUT2D eigenvalue weighted by molar-refractivity contribution is 5.97. The first-order valence-corrected chi connectivity index (χ1v) is 8.92. The van der Waals surface area contributed by atoms with E-state index in [1.165, 1.54) is 12.7 Å². The molecule has 0 spiro atoms. The molecule has 1 N–H and O–H groups in total. The van der Waals surface area contributed by atoms with Crippen molar-refractivity contribution >= 4 is 5.91 Å². The van der Waals surface area contributed by atoms with Gasteiger partial charge in [-0.2, -0.15) is 0 Å². The maximum atomic E-state index is 12.5. The van der Waals surface area contributed by atoms with Crippen LogP contribution in [-0.2, 0) is 13.1 Å². The zero-order valence-electron chi connectivity index (χ0n) is 16.0. The number of nitrogens with one attached hydrogen (secondary N) is 1. The molecule has 0 bridgehead atoms. The van der Waals surface area contributed by atoms with E-state index in [0.717, 1.165) is 25.2 Å². The third-order valence-electron chi connectivity index (χ3n) is 4.42. The Morgan fingerprint density at radius 3 is 2.19 bits per heavy atom. The van der Waals surface area contributed by atoms with Crippen LogP contribution >= 0.6 is 0 Å². The fourth-order valence-corrected chi connectivity index (χ4v) is 2.81. The number of methoxy groups -OCH3 is 2. The molecule has 140 valence electrons. The van der Waals surface area contributed by atoms with E-state index in [1.54, 1.807) is 25.3 Å². The third-order valence-corrected chi connectivity index (χ3v) is 4.42. The minimum Gasteiger partial charge on any atom is -0.493 e. The molecule has 0 aromatic heterocycles. The predicted molar refractivity (Wildman–Crippen MR) is 104 cm³/mol. The van der Waals surface area contributed by atoms with Gasteiger partial charge in [0.2, 0.25) is 0 Å². The van der Waals surface area contributed by atoms with Gasteiger partial charge in [0, 0.05) is 13.1 Å². The Hall–Kier alpha value is -2.53. The second-order valence-electron chi connectivity index (χ2n) is 6.00. The number of hydrogen-bond donors (Lipinski definition) is 1. The SMILES string of the molecule is CCN(CC)Cc1ccc(CNC(=O)c2cccc(OC)c2OC)cc1. The average molecular weight is 356 g/mol. The van der Waals surface area contributed by atoms with Crippen LogP contribution in [0.4, 0.5) is 0 Å². The van der Waals surface area contributed by atoms with E-state index in [4.69, 9.17) is 9.47 Å². The van der Waals surface area contributed by atoms with Crippen molar-refractivity contribution in [3.05, 3.63) is 59.2 Å². The number of carbonyl (C=O) groups excluding carboxylic acids is 1. The topological polar surface area (TPSA) is 50.8 Å². The molecule has 5 nitrogen and oxygen atoms in total. The summed E-state index contributed by atoms with van der Waals surface area (Å²) in [7, 11) is 3.09. The largest absolute Gasteiger partial charge is 0.493 e. The third kappa shape index (κ3) is 4.99. The molecular weight excluding hydrogens is 328 g/mol. The quantitative estimate of drug-likeness (QED) is 0.747. The van der Waals surface area contributed by atoms with Gasteiger partial charge in [-0.1, -0.05) is 44.2 Å². The number of carbonyl (C=O) groups is 1. The van der Waals surface area contributed by atoms with E-state index in [9.17, 15) is 4.79 Å². The highest BCUT2D eigenvalue weighted by Gasteiger charge is 2.16. The van der Waals surface area contributed by atoms with Gasteiger partial charge in [0.25, 0.3) is 5.91 Å².